The van der Waals surface area contributed by atoms with E-state index < -0.39 is 97.5 Å². The van der Waals surface area contributed by atoms with E-state index in [0.29, 0.717) is 25.7 Å². The zero-order valence-electron chi connectivity index (χ0n) is 60.6. The smallest absolute Gasteiger partial charge is 0.462 e. The number of esters is 4. The molecule has 0 saturated heterocycles. The standard InChI is InChI=1S/C74H144O17P2/c1-7-9-11-13-15-17-19-21-27-34-40-46-52-58-73(78)90-69(62-84-71(76)56-50-44-38-32-26-20-18-16-14-12-10-8-2)64-88-92(80,81)86-60-68(75)61-87-93(82,83)89-65-70(91-74(79)59-53-47-41-35-29-23-25-31-37-43-49-55-67(5)6)63-85-72(77)57-51-45-39-33-28-22-24-30-36-42-48-54-66(3)4/h66-70,75H,7-65H2,1-6H3,(H,80,81)(H,82,83)/t68-,69+,70+/m0/s1. The molecule has 2 unspecified atom stereocenters. The first-order valence-electron chi connectivity index (χ1n) is 38.5. The Balaban J connectivity index is 5.26. The topological polar surface area (TPSA) is 237 Å². The highest BCUT2D eigenvalue weighted by Gasteiger charge is 2.30. The molecule has 0 aliphatic heterocycles. The molecule has 0 aliphatic rings. The summed E-state index contributed by atoms with van der Waals surface area (Å²) in [5.74, 6) is -0.579. The summed E-state index contributed by atoms with van der Waals surface area (Å²) in [6, 6.07) is 0. The fourth-order valence-electron chi connectivity index (χ4n) is 11.3. The third-order valence-electron chi connectivity index (χ3n) is 17.2. The maximum absolute atomic E-state index is 13.1. The minimum Gasteiger partial charge on any atom is -0.462 e. The second-order valence-electron chi connectivity index (χ2n) is 27.6. The first kappa shape index (κ1) is 91.1. The minimum absolute atomic E-state index is 0.107. The molecule has 3 N–H and O–H groups in total. The molecular weight excluding hydrogens is 1220 g/mol. The second-order valence-corrected chi connectivity index (χ2v) is 30.5. The molecule has 0 radical (unpaired) electrons. The van der Waals surface area contributed by atoms with Gasteiger partial charge in [-0.2, -0.15) is 0 Å². The maximum Gasteiger partial charge on any atom is 0.472 e. The molecule has 19 heteroatoms. The van der Waals surface area contributed by atoms with Crippen LogP contribution in [0, 0.1) is 11.8 Å². The monoisotopic (exact) mass is 1370 g/mol. The number of phosphoric acid groups is 2. The first-order valence-corrected chi connectivity index (χ1v) is 41.5. The number of phosphoric ester groups is 2. The molecule has 0 rings (SSSR count). The zero-order valence-corrected chi connectivity index (χ0v) is 62.3. The van der Waals surface area contributed by atoms with Gasteiger partial charge in [0, 0.05) is 25.7 Å². The van der Waals surface area contributed by atoms with Crippen LogP contribution in [0.1, 0.15) is 382 Å². The summed E-state index contributed by atoms with van der Waals surface area (Å²) in [7, 11) is -9.91. The average molecular weight is 1370 g/mol. The maximum atomic E-state index is 13.1. The van der Waals surface area contributed by atoms with Crippen molar-refractivity contribution in [1.82, 2.24) is 0 Å². The normalized spacial score (nSPS) is 14.1. The lowest BCUT2D eigenvalue weighted by Crippen LogP contribution is -2.30. The lowest BCUT2D eigenvalue weighted by molar-refractivity contribution is -0.161. The Morgan fingerprint density at radius 2 is 0.495 bits per heavy atom. The van der Waals surface area contributed by atoms with Crippen molar-refractivity contribution < 1.29 is 80.2 Å². The van der Waals surface area contributed by atoms with Crippen molar-refractivity contribution in [3.8, 4) is 0 Å². The molecule has 552 valence electrons. The Morgan fingerprint density at radius 3 is 0.731 bits per heavy atom. The average Bonchev–Trinajstić information content (AvgIpc) is 3.64. The van der Waals surface area contributed by atoms with E-state index in [1.807, 2.05) is 0 Å². The molecule has 0 aromatic carbocycles. The Hall–Kier alpha value is -1.94. The number of rotatable bonds is 73. The van der Waals surface area contributed by atoms with Crippen LogP contribution in [0.3, 0.4) is 0 Å². The van der Waals surface area contributed by atoms with Crippen molar-refractivity contribution in [3.05, 3.63) is 0 Å². The second kappa shape index (κ2) is 66.0. The minimum atomic E-state index is -4.95. The van der Waals surface area contributed by atoms with Crippen LogP contribution in [0.2, 0.25) is 0 Å². The van der Waals surface area contributed by atoms with Gasteiger partial charge in [0.25, 0.3) is 0 Å². The number of aliphatic hydroxyl groups excluding tert-OH is 1. The Morgan fingerprint density at radius 1 is 0.290 bits per heavy atom. The molecule has 0 heterocycles. The van der Waals surface area contributed by atoms with Crippen molar-refractivity contribution in [2.45, 2.75) is 400 Å². The van der Waals surface area contributed by atoms with Crippen LogP contribution < -0.4 is 0 Å². The van der Waals surface area contributed by atoms with E-state index in [1.54, 1.807) is 0 Å². The Labute approximate surface area is 568 Å². The number of carbonyl (C=O) groups is 4. The number of unbranched alkanes of at least 4 members (excludes halogenated alkanes) is 43. The number of hydrogen-bond acceptors (Lipinski definition) is 15. The summed E-state index contributed by atoms with van der Waals surface area (Å²) in [5, 5.41) is 10.6. The van der Waals surface area contributed by atoms with Crippen LogP contribution in [0.25, 0.3) is 0 Å². The van der Waals surface area contributed by atoms with Crippen LogP contribution in [0.4, 0.5) is 0 Å². The summed E-state index contributed by atoms with van der Waals surface area (Å²) in [4.78, 5) is 72.8. The van der Waals surface area contributed by atoms with E-state index >= 15 is 0 Å². The van der Waals surface area contributed by atoms with Gasteiger partial charge in [-0.05, 0) is 37.5 Å². The highest BCUT2D eigenvalue weighted by Crippen LogP contribution is 2.45. The van der Waals surface area contributed by atoms with Crippen molar-refractivity contribution in [3.63, 3.8) is 0 Å². The molecule has 0 bridgehead atoms. The van der Waals surface area contributed by atoms with Crippen LogP contribution in [0.5, 0.6) is 0 Å². The molecule has 0 spiro atoms. The van der Waals surface area contributed by atoms with Gasteiger partial charge in [0.1, 0.15) is 19.3 Å². The summed E-state index contributed by atoms with van der Waals surface area (Å²) in [6.07, 6.45) is 52.5. The van der Waals surface area contributed by atoms with E-state index in [4.69, 9.17) is 37.0 Å². The van der Waals surface area contributed by atoms with Crippen LogP contribution >= 0.6 is 15.6 Å². The molecule has 0 saturated carbocycles. The SMILES string of the molecule is CCCCCCCCCCCCCCCC(=O)O[C@H](COC(=O)CCCCCCCCCCCCCC)COP(=O)(O)OC[C@H](O)COP(=O)(O)OC[C@@H](COC(=O)CCCCCCCCCCCCCC(C)C)OC(=O)CCCCCCCCCCCCCC(C)C. The summed E-state index contributed by atoms with van der Waals surface area (Å²) in [5.41, 5.74) is 0. The van der Waals surface area contributed by atoms with E-state index in [2.05, 4.69) is 41.5 Å². The molecule has 0 aromatic rings. The number of carbonyl (C=O) groups excluding carboxylic acids is 4. The molecule has 17 nitrogen and oxygen atoms in total. The van der Waals surface area contributed by atoms with Gasteiger partial charge in [-0.15, -0.1) is 0 Å². The van der Waals surface area contributed by atoms with Crippen molar-refractivity contribution in [2.75, 3.05) is 39.6 Å². The predicted octanol–water partition coefficient (Wildman–Crippen LogP) is 21.6. The highest BCUT2D eigenvalue weighted by atomic mass is 31.2. The zero-order chi connectivity index (χ0) is 68.6. The van der Waals surface area contributed by atoms with Gasteiger partial charge < -0.3 is 33.8 Å². The van der Waals surface area contributed by atoms with Gasteiger partial charge in [0.05, 0.1) is 26.4 Å². The van der Waals surface area contributed by atoms with Crippen LogP contribution in [0.15, 0.2) is 0 Å². The summed E-state index contributed by atoms with van der Waals surface area (Å²) >= 11 is 0. The third-order valence-corrected chi connectivity index (χ3v) is 19.1. The van der Waals surface area contributed by atoms with E-state index in [1.165, 1.54) is 199 Å². The lowest BCUT2D eigenvalue weighted by atomic mass is 10.0. The van der Waals surface area contributed by atoms with Crippen LogP contribution in [-0.4, -0.2) is 96.7 Å². The van der Waals surface area contributed by atoms with E-state index in [9.17, 15) is 43.2 Å². The van der Waals surface area contributed by atoms with Gasteiger partial charge in [0.2, 0.25) is 0 Å². The third kappa shape index (κ3) is 68.4. The van der Waals surface area contributed by atoms with Gasteiger partial charge >= 0.3 is 39.5 Å². The van der Waals surface area contributed by atoms with Crippen molar-refractivity contribution in [2.24, 2.45) is 11.8 Å². The molecule has 0 aromatic heterocycles. The van der Waals surface area contributed by atoms with E-state index in [0.717, 1.165) is 102 Å². The number of ether oxygens (including phenoxy) is 4. The van der Waals surface area contributed by atoms with Gasteiger partial charge in [-0.1, -0.05) is 330 Å². The largest absolute Gasteiger partial charge is 0.472 e. The van der Waals surface area contributed by atoms with Gasteiger partial charge in [-0.3, -0.25) is 37.3 Å². The molecular formula is C74H144O17P2. The number of aliphatic hydroxyl groups is 1. The highest BCUT2D eigenvalue weighted by molar-refractivity contribution is 7.47. The Kier molecular flexibility index (Phi) is 64.6. The quantitative estimate of drug-likeness (QED) is 0.0222. The first-order chi connectivity index (χ1) is 44.9. The lowest BCUT2D eigenvalue weighted by Gasteiger charge is -2.21. The summed E-state index contributed by atoms with van der Waals surface area (Å²) in [6.45, 7) is 9.59. The molecule has 0 aliphatic carbocycles. The Bertz CT molecular complexity index is 1800. The predicted molar refractivity (Wildman–Crippen MR) is 377 cm³/mol. The van der Waals surface area contributed by atoms with Gasteiger partial charge in [0.15, 0.2) is 12.2 Å². The summed E-state index contributed by atoms with van der Waals surface area (Å²) < 4.78 is 68.5. The molecule has 0 fully saturated rings. The van der Waals surface area contributed by atoms with Crippen molar-refractivity contribution in [1.29, 1.82) is 0 Å². The van der Waals surface area contributed by atoms with E-state index in [-0.39, 0.29) is 25.7 Å². The molecule has 5 atom stereocenters. The van der Waals surface area contributed by atoms with Crippen molar-refractivity contribution >= 4 is 39.5 Å². The molecule has 93 heavy (non-hydrogen) atoms. The molecule has 0 amide bonds. The fraction of sp³-hybridized carbons (Fsp3) is 0.946. The fourth-order valence-corrected chi connectivity index (χ4v) is 12.9. The van der Waals surface area contributed by atoms with Gasteiger partial charge in [-0.25, -0.2) is 9.13 Å². The number of hydrogen-bond donors (Lipinski definition) is 3. The van der Waals surface area contributed by atoms with Crippen LogP contribution in [-0.2, 0) is 65.4 Å².